The predicted molar refractivity (Wildman–Crippen MR) is 110 cm³/mol. The van der Waals surface area contributed by atoms with Gasteiger partial charge in [0.1, 0.15) is 5.75 Å². The van der Waals surface area contributed by atoms with E-state index in [4.69, 9.17) is 0 Å². The molecule has 0 aromatic heterocycles. The van der Waals surface area contributed by atoms with E-state index in [-0.39, 0.29) is 11.7 Å². The molecule has 3 aromatic carbocycles. The molecule has 0 bridgehead atoms. The van der Waals surface area contributed by atoms with Gasteiger partial charge in [0.25, 0.3) is 5.91 Å². The number of hydrogen-bond acceptors (Lipinski definition) is 4. The number of benzene rings is 3. The summed E-state index contributed by atoms with van der Waals surface area (Å²) < 4.78 is 0. The summed E-state index contributed by atoms with van der Waals surface area (Å²) in [5.74, 6) is -0.0412. The van der Waals surface area contributed by atoms with Crippen molar-refractivity contribution in [2.45, 2.75) is 0 Å². The lowest BCUT2D eigenvalue weighted by molar-refractivity contribution is 0.102. The first-order valence-electron chi connectivity index (χ1n) is 9.17. The van der Waals surface area contributed by atoms with Crippen LogP contribution in [0.2, 0.25) is 0 Å². The van der Waals surface area contributed by atoms with Gasteiger partial charge in [-0.2, -0.15) is 0 Å². The Bertz CT molecular complexity index is 961. The Morgan fingerprint density at radius 2 is 1.70 bits per heavy atom. The van der Waals surface area contributed by atoms with Crippen LogP contribution >= 0.6 is 0 Å². The van der Waals surface area contributed by atoms with Gasteiger partial charge in [-0.1, -0.05) is 18.2 Å². The van der Waals surface area contributed by atoms with Gasteiger partial charge in [-0.3, -0.25) is 4.79 Å². The van der Waals surface area contributed by atoms with Gasteiger partial charge in [0.05, 0.1) is 0 Å². The van der Waals surface area contributed by atoms with Crippen LogP contribution < -0.4 is 10.2 Å². The minimum absolute atomic E-state index is 0.147. The second-order valence-corrected chi connectivity index (χ2v) is 7.00. The predicted octanol–water partition coefficient (Wildman–Crippen LogP) is 3.55. The Labute approximate surface area is 158 Å². The van der Waals surface area contributed by atoms with Crippen LogP contribution in [-0.4, -0.2) is 49.1 Å². The lowest BCUT2D eigenvalue weighted by Crippen LogP contribution is -2.44. The molecule has 5 nitrogen and oxygen atoms in total. The van der Waals surface area contributed by atoms with Crippen molar-refractivity contribution in [1.29, 1.82) is 0 Å². The summed E-state index contributed by atoms with van der Waals surface area (Å²) in [7, 11) is 2.15. The molecule has 1 heterocycles. The number of rotatable bonds is 3. The molecular weight excluding hydrogens is 338 g/mol. The van der Waals surface area contributed by atoms with Crippen LogP contribution in [0, 0.1) is 0 Å². The molecule has 3 aromatic rings. The summed E-state index contributed by atoms with van der Waals surface area (Å²) in [4.78, 5) is 17.2. The number of phenolic OH excluding ortho intramolecular Hbond substituents is 1. The number of fused-ring (bicyclic) bond motifs is 1. The molecule has 1 amide bonds. The number of likely N-dealkylation sites (N-methyl/N-ethyl adjacent to an activating group) is 1. The lowest BCUT2D eigenvalue weighted by atomic mass is 10.1. The maximum Gasteiger partial charge on any atom is 0.255 e. The molecule has 0 radical (unpaired) electrons. The molecule has 138 valence electrons. The van der Waals surface area contributed by atoms with E-state index in [1.165, 1.54) is 17.8 Å². The third-order valence-electron chi connectivity index (χ3n) is 5.09. The zero-order valence-corrected chi connectivity index (χ0v) is 15.4. The molecule has 1 aliphatic heterocycles. The maximum absolute atomic E-state index is 12.5. The molecule has 0 spiro atoms. The van der Waals surface area contributed by atoms with E-state index < -0.39 is 0 Å². The van der Waals surface area contributed by atoms with Crippen molar-refractivity contribution >= 4 is 28.1 Å². The molecule has 0 atom stereocenters. The summed E-state index contributed by atoms with van der Waals surface area (Å²) in [6.45, 7) is 4.10. The van der Waals surface area contributed by atoms with Crippen molar-refractivity contribution in [3.05, 3.63) is 66.2 Å². The fraction of sp³-hybridized carbons (Fsp3) is 0.227. The molecule has 0 saturated carbocycles. The fourth-order valence-electron chi connectivity index (χ4n) is 3.47. The van der Waals surface area contributed by atoms with E-state index in [0.29, 0.717) is 5.56 Å². The molecule has 5 heteroatoms. The van der Waals surface area contributed by atoms with Crippen molar-refractivity contribution in [3.8, 4) is 5.75 Å². The lowest BCUT2D eigenvalue weighted by Gasteiger charge is -2.34. The minimum atomic E-state index is -0.188. The normalized spacial score (nSPS) is 15.1. The van der Waals surface area contributed by atoms with E-state index in [9.17, 15) is 9.90 Å². The van der Waals surface area contributed by atoms with E-state index in [1.807, 2.05) is 18.2 Å². The molecular formula is C22H23N3O2. The van der Waals surface area contributed by atoms with Crippen molar-refractivity contribution in [3.63, 3.8) is 0 Å². The monoisotopic (exact) mass is 361 g/mol. The van der Waals surface area contributed by atoms with Crippen molar-refractivity contribution in [1.82, 2.24) is 4.90 Å². The number of carbonyl (C=O) groups is 1. The summed E-state index contributed by atoms with van der Waals surface area (Å²) in [5, 5.41) is 14.6. The molecule has 0 aliphatic carbocycles. The van der Waals surface area contributed by atoms with Crippen LogP contribution in [0.15, 0.2) is 60.7 Å². The van der Waals surface area contributed by atoms with E-state index in [1.54, 1.807) is 12.1 Å². The highest BCUT2D eigenvalue weighted by atomic mass is 16.3. The van der Waals surface area contributed by atoms with E-state index in [0.717, 1.165) is 42.6 Å². The van der Waals surface area contributed by atoms with Crippen molar-refractivity contribution in [2.24, 2.45) is 0 Å². The number of aromatic hydroxyl groups is 1. The van der Waals surface area contributed by atoms with Gasteiger partial charge in [0.2, 0.25) is 0 Å². The Morgan fingerprint density at radius 3 is 2.44 bits per heavy atom. The second-order valence-electron chi connectivity index (χ2n) is 7.00. The first-order chi connectivity index (χ1) is 13.1. The molecule has 1 fully saturated rings. The van der Waals surface area contributed by atoms with Crippen LogP contribution in [0.25, 0.3) is 10.8 Å². The Kier molecular flexibility index (Phi) is 4.69. The first-order valence-corrected chi connectivity index (χ1v) is 9.17. The van der Waals surface area contributed by atoms with Gasteiger partial charge >= 0.3 is 0 Å². The van der Waals surface area contributed by atoms with Crippen molar-refractivity contribution in [2.75, 3.05) is 43.4 Å². The second kappa shape index (κ2) is 7.29. The SMILES string of the molecule is CN1CCN(c2cccc3ccc(NC(=O)c4ccc(O)cc4)cc23)CC1. The number of anilines is 2. The number of amides is 1. The quantitative estimate of drug-likeness (QED) is 0.749. The first kappa shape index (κ1) is 17.4. The molecule has 0 unspecified atom stereocenters. The van der Waals surface area contributed by atoms with Crippen LogP contribution in [-0.2, 0) is 0 Å². The molecule has 2 N–H and O–H groups in total. The summed E-state index contributed by atoms with van der Waals surface area (Å²) in [6.07, 6.45) is 0. The van der Waals surface area contributed by atoms with Gasteiger partial charge in [-0.25, -0.2) is 0 Å². The van der Waals surface area contributed by atoms with Crippen LogP contribution in [0.5, 0.6) is 5.75 Å². The van der Waals surface area contributed by atoms with Crippen LogP contribution in [0.1, 0.15) is 10.4 Å². The van der Waals surface area contributed by atoms with Crippen molar-refractivity contribution < 1.29 is 9.90 Å². The Balaban J connectivity index is 1.62. The zero-order valence-electron chi connectivity index (χ0n) is 15.4. The highest BCUT2D eigenvalue weighted by molar-refractivity contribution is 6.06. The summed E-state index contributed by atoms with van der Waals surface area (Å²) in [5.41, 5.74) is 2.49. The van der Waals surface area contributed by atoms with Gasteiger partial charge in [-0.15, -0.1) is 0 Å². The van der Waals surface area contributed by atoms with Gasteiger partial charge in [0, 0.05) is 48.5 Å². The van der Waals surface area contributed by atoms with E-state index >= 15 is 0 Å². The smallest absolute Gasteiger partial charge is 0.255 e. The topological polar surface area (TPSA) is 55.8 Å². The number of piperazine rings is 1. The van der Waals surface area contributed by atoms with Crippen LogP contribution in [0.4, 0.5) is 11.4 Å². The van der Waals surface area contributed by atoms with Crippen LogP contribution in [0.3, 0.4) is 0 Å². The highest BCUT2D eigenvalue weighted by Crippen LogP contribution is 2.30. The highest BCUT2D eigenvalue weighted by Gasteiger charge is 2.16. The fourth-order valence-corrected chi connectivity index (χ4v) is 3.47. The van der Waals surface area contributed by atoms with Gasteiger partial charge in [-0.05, 0) is 54.9 Å². The van der Waals surface area contributed by atoms with Gasteiger partial charge in [0.15, 0.2) is 0 Å². The Morgan fingerprint density at radius 1 is 0.963 bits per heavy atom. The minimum Gasteiger partial charge on any atom is -0.508 e. The zero-order chi connectivity index (χ0) is 18.8. The molecule has 1 saturated heterocycles. The average Bonchev–Trinajstić information content (AvgIpc) is 2.69. The molecule has 27 heavy (non-hydrogen) atoms. The molecule has 1 aliphatic rings. The van der Waals surface area contributed by atoms with Gasteiger partial charge < -0.3 is 20.2 Å². The number of carbonyl (C=O) groups excluding carboxylic acids is 1. The number of phenols is 1. The third-order valence-corrected chi connectivity index (χ3v) is 5.09. The Hall–Kier alpha value is -3.05. The largest absolute Gasteiger partial charge is 0.508 e. The number of nitrogens with zero attached hydrogens (tertiary/aromatic N) is 2. The molecule has 4 rings (SSSR count). The number of hydrogen-bond donors (Lipinski definition) is 2. The maximum atomic E-state index is 12.5. The standard InChI is InChI=1S/C22H23N3O2/c1-24-11-13-25(14-12-24)21-4-2-3-16-5-8-18(15-20(16)21)23-22(27)17-6-9-19(26)10-7-17/h2-10,15,26H,11-14H2,1H3,(H,23,27). The summed E-state index contributed by atoms with van der Waals surface area (Å²) in [6, 6.07) is 18.6. The summed E-state index contributed by atoms with van der Waals surface area (Å²) >= 11 is 0. The third kappa shape index (κ3) is 3.73. The number of nitrogens with one attached hydrogen (secondary N) is 1. The van der Waals surface area contributed by atoms with E-state index in [2.05, 4.69) is 40.4 Å². The average molecular weight is 361 g/mol.